The second kappa shape index (κ2) is 9.66. The number of hydrogen-bond donors (Lipinski definition) is 0. The van der Waals surface area contributed by atoms with Crippen LogP contribution in [0.4, 0.5) is 5.69 Å². The molecule has 0 aliphatic rings. The number of anilines is 1. The zero-order valence-electron chi connectivity index (χ0n) is 17.9. The van der Waals surface area contributed by atoms with Crippen molar-refractivity contribution in [1.82, 2.24) is 4.90 Å². The van der Waals surface area contributed by atoms with Crippen molar-refractivity contribution in [2.75, 3.05) is 25.0 Å². The average molecular weight is 439 g/mol. The Morgan fingerprint density at radius 1 is 0.903 bits per heavy atom. The van der Waals surface area contributed by atoms with Gasteiger partial charge in [-0.2, -0.15) is 0 Å². The summed E-state index contributed by atoms with van der Waals surface area (Å²) >= 11 is 0. The van der Waals surface area contributed by atoms with Gasteiger partial charge in [-0.3, -0.25) is 9.10 Å². The van der Waals surface area contributed by atoms with Gasteiger partial charge in [-0.05, 0) is 48.4 Å². The molecule has 31 heavy (non-hydrogen) atoms. The van der Waals surface area contributed by atoms with Gasteiger partial charge in [0.2, 0.25) is 5.91 Å². The fourth-order valence-electron chi connectivity index (χ4n) is 3.20. The van der Waals surface area contributed by atoms with Gasteiger partial charge in [0.15, 0.2) is 0 Å². The zero-order chi connectivity index (χ0) is 22.4. The lowest BCUT2D eigenvalue weighted by Gasteiger charge is -2.28. The predicted molar refractivity (Wildman–Crippen MR) is 122 cm³/mol. The maximum atomic E-state index is 13.4. The Morgan fingerprint density at radius 3 is 2.13 bits per heavy atom. The van der Waals surface area contributed by atoms with Crippen molar-refractivity contribution in [3.8, 4) is 5.75 Å². The minimum atomic E-state index is -3.92. The molecule has 0 saturated carbocycles. The highest BCUT2D eigenvalue weighted by molar-refractivity contribution is 7.92. The van der Waals surface area contributed by atoms with Gasteiger partial charge in [0.25, 0.3) is 10.0 Å². The van der Waals surface area contributed by atoms with E-state index in [1.54, 1.807) is 44.5 Å². The monoisotopic (exact) mass is 438 g/mol. The van der Waals surface area contributed by atoms with Crippen molar-refractivity contribution in [2.45, 2.75) is 18.4 Å². The third kappa shape index (κ3) is 5.24. The fourth-order valence-corrected chi connectivity index (χ4v) is 4.70. The Kier molecular flexibility index (Phi) is 6.97. The van der Waals surface area contributed by atoms with Crippen molar-refractivity contribution < 1.29 is 17.9 Å². The molecule has 0 bridgehead atoms. The molecule has 3 aromatic carbocycles. The number of likely N-dealkylation sites (N-methyl/N-ethyl adjacent to an activating group) is 1. The van der Waals surface area contributed by atoms with Crippen LogP contribution in [0.3, 0.4) is 0 Å². The molecular weight excluding hydrogens is 412 g/mol. The van der Waals surface area contributed by atoms with Crippen LogP contribution < -0.4 is 9.04 Å². The van der Waals surface area contributed by atoms with Crippen LogP contribution in [0.2, 0.25) is 0 Å². The minimum absolute atomic E-state index is 0.142. The zero-order valence-corrected chi connectivity index (χ0v) is 18.7. The molecule has 0 fully saturated rings. The first-order valence-corrected chi connectivity index (χ1v) is 11.3. The summed E-state index contributed by atoms with van der Waals surface area (Å²) in [5, 5.41) is 0. The van der Waals surface area contributed by atoms with Crippen LogP contribution in [0.15, 0.2) is 83.8 Å². The van der Waals surface area contributed by atoms with Crippen molar-refractivity contribution in [3.63, 3.8) is 0 Å². The van der Waals surface area contributed by atoms with E-state index in [4.69, 9.17) is 4.74 Å². The summed E-state index contributed by atoms with van der Waals surface area (Å²) in [5.74, 6) is 0.427. The molecule has 0 aliphatic heterocycles. The van der Waals surface area contributed by atoms with Gasteiger partial charge < -0.3 is 9.64 Å². The summed E-state index contributed by atoms with van der Waals surface area (Å²) < 4.78 is 33.2. The van der Waals surface area contributed by atoms with E-state index < -0.39 is 10.0 Å². The van der Waals surface area contributed by atoms with Crippen molar-refractivity contribution in [2.24, 2.45) is 0 Å². The molecular formula is C24H26N2O4S. The number of benzene rings is 3. The first-order valence-electron chi connectivity index (χ1n) is 9.83. The smallest absolute Gasteiger partial charge is 0.264 e. The normalized spacial score (nSPS) is 11.1. The fraction of sp³-hybridized carbons (Fsp3) is 0.208. The number of nitrogens with zero attached hydrogens (tertiary/aromatic N) is 2. The standard InChI is InChI=1S/C24H26N2O4S/c1-19-9-7-8-12-23(19)26(31(28,29)22-10-5-4-6-11-22)18-24(27)25(2)17-20-13-15-21(30-3)16-14-20/h4-16H,17-18H2,1-3H3. The van der Waals surface area contributed by atoms with Crippen molar-refractivity contribution in [1.29, 1.82) is 0 Å². The van der Waals surface area contributed by atoms with E-state index >= 15 is 0 Å². The van der Waals surface area contributed by atoms with Crippen LogP contribution in [-0.4, -0.2) is 39.9 Å². The van der Waals surface area contributed by atoms with Gasteiger partial charge in [0, 0.05) is 13.6 Å². The molecule has 0 atom stereocenters. The van der Waals surface area contributed by atoms with Crippen molar-refractivity contribution in [3.05, 3.63) is 90.0 Å². The number of methoxy groups -OCH3 is 1. The first-order chi connectivity index (χ1) is 14.8. The lowest BCUT2D eigenvalue weighted by atomic mass is 10.2. The molecule has 1 amide bonds. The van der Waals surface area contributed by atoms with Crippen LogP contribution in [0, 0.1) is 6.92 Å². The molecule has 0 radical (unpaired) electrons. The Morgan fingerprint density at radius 2 is 1.52 bits per heavy atom. The number of carbonyl (C=O) groups excluding carboxylic acids is 1. The Balaban J connectivity index is 1.87. The summed E-state index contributed by atoms with van der Waals surface area (Å²) in [5.41, 5.74) is 2.18. The van der Waals surface area contributed by atoms with Crippen LogP contribution in [0.1, 0.15) is 11.1 Å². The molecule has 0 aliphatic carbocycles. The second-order valence-corrected chi connectivity index (χ2v) is 9.07. The maximum absolute atomic E-state index is 13.4. The summed E-state index contributed by atoms with van der Waals surface area (Å²) in [4.78, 5) is 14.7. The van der Waals surface area contributed by atoms with E-state index in [0.29, 0.717) is 12.2 Å². The second-order valence-electron chi connectivity index (χ2n) is 7.21. The van der Waals surface area contributed by atoms with Crippen LogP contribution >= 0.6 is 0 Å². The molecule has 0 N–H and O–H groups in total. The van der Waals surface area contributed by atoms with Gasteiger partial charge in [0.05, 0.1) is 17.7 Å². The molecule has 0 unspecified atom stereocenters. The molecule has 0 aromatic heterocycles. The highest BCUT2D eigenvalue weighted by Crippen LogP contribution is 2.26. The van der Waals surface area contributed by atoms with E-state index in [0.717, 1.165) is 16.9 Å². The third-order valence-electron chi connectivity index (χ3n) is 5.00. The van der Waals surface area contributed by atoms with E-state index in [1.165, 1.54) is 21.3 Å². The topological polar surface area (TPSA) is 66.9 Å². The average Bonchev–Trinajstić information content (AvgIpc) is 2.79. The molecule has 0 spiro atoms. The van der Waals surface area contributed by atoms with Gasteiger partial charge in [0.1, 0.15) is 12.3 Å². The van der Waals surface area contributed by atoms with Gasteiger partial charge in [-0.1, -0.05) is 48.5 Å². The molecule has 0 saturated heterocycles. The third-order valence-corrected chi connectivity index (χ3v) is 6.77. The van der Waals surface area contributed by atoms with Crippen LogP contribution in [-0.2, 0) is 21.4 Å². The van der Waals surface area contributed by atoms with Crippen molar-refractivity contribution >= 4 is 21.6 Å². The molecule has 3 rings (SSSR count). The Bertz CT molecular complexity index is 1130. The number of amides is 1. The van der Waals surface area contributed by atoms with Crippen LogP contribution in [0.25, 0.3) is 0 Å². The number of para-hydroxylation sites is 1. The summed E-state index contributed by atoms with van der Waals surface area (Å²) in [7, 11) is -0.658. The highest BCUT2D eigenvalue weighted by atomic mass is 32.2. The lowest BCUT2D eigenvalue weighted by molar-refractivity contribution is -0.128. The summed E-state index contributed by atoms with van der Waals surface area (Å²) in [6.45, 7) is 1.89. The summed E-state index contributed by atoms with van der Waals surface area (Å²) in [6, 6.07) is 22.7. The number of aryl methyl sites for hydroxylation is 1. The largest absolute Gasteiger partial charge is 0.497 e. The Hall–Kier alpha value is -3.32. The Labute approximate surface area is 183 Å². The van der Waals surface area contributed by atoms with Crippen LogP contribution in [0.5, 0.6) is 5.75 Å². The van der Waals surface area contributed by atoms with Gasteiger partial charge in [-0.25, -0.2) is 8.42 Å². The van der Waals surface area contributed by atoms with E-state index in [1.807, 2.05) is 43.3 Å². The number of sulfonamides is 1. The lowest BCUT2D eigenvalue weighted by Crippen LogP contribution is -2.41. The predicted octanol–water partition coefficient (Wildman–Crippen LogP) is 3.86. The molecule has 6 nitrogen and oxygen atoms in total. The maximum Gasteiger partial charge on any atom is 0.264 e. The number of ether oxygens (including phenoxy) is 1. The number of rotatable bonds is 8. The molecule has 3 aromatic rings. The molecule has 162 valence electrons. The molecule has 7 heteroatoms. The van der Waals surface area contributed by atoms with Gasteiger partial charge >= 0.3 is 0 Å². The number of hydrogen-bond acceptors (Lipinski definition) is 4. The highest BCUT2D eigenvalue weighted by Gasteiger charge is 2.29. The SMILES string of the molecule is COc1ccc(CN(C)C(=O)CN(c2ccccc2C)S(=O)(=O)c2ccccc2)cc1. The quantitative estimate of drug-likeness (QED) is 0.536. The van der Waals surface area contributed by atoms with E-state index in [2.05, 4.69) is 0 Å². The van der Waals surface area contributed by atoms with Gasteiger partial charge in [-0.15, -0.1) is 0 Å². The number of carbonyl (C=O) groups is 1. The summed E-state index contributed by atoms with van der Waals surface area (Å²) in [6.07, 6.45) is 0. The van der Waals surface area contributed by atoms with E-state index in [-0.39, 0.29) is 17.3 Å². The molecule has 0 heterocycles. The van der Waals surface area contributed by atoms with E-state index in [9.17, 15) is 13.2 Å². The first kappa shape index (κ1) is 22.4. The minimum Gasteiger partial charge on any atom is -0.497 e.